The summed E-state index contributed by atoms with van der Waals surface area (Å²) in [7, 11) is -4.16. The zero-order chi connectivity index (χ0) is 15.5. The Morgan fingerprint density at radius 1 is 1.30 bits per heavy atom. The molecule has 0 radical (unpaired) electrons. The van der Waals surface area contributed by atoms with Crippen molar-refractivity contribution < 1.29 is 32.4 Å². The van der Waals surface area contributed by atoms with Gasteiger partial charge >= 0.3 is 7.82 Å². The first kappa shape index (κ1) is 18.0. The molecule has 1 saturated heterocycles. The van der Waals surface area contributed by atoms with Gasteiger partial charge < -0.3 is 14.4 Å². The van der Waals surface area contributed by atoms with E-state index in [-0.39, 0.29) is 12.7 Å². The van der Waals surface area contributed by atoms with Crippen LogP contribution in [0.3, 0.4) is 0 Å². The predicted molar refractivity (Wildman–Crippen MR) is 71.2 cm³/mol. The van der Waals surface area contributed by atoms with Crippen LogP contribution >= 0.6 is 7.82 Å². The van der Waals surface area contributed by atoms with Crippen LogP contribution in [0.4, 0.5) is 4.39 Å². The maximum atomic E-state index is 14.0. The van der Waals surface area contributed by atoms with Gasteiger partial charge in [0.05, 0.1) is 24.9 Å². The molecule has 5 atom stereocenters. The van der Waals surface area contributed by atoms with Crippen LogP contribution in [0.2, 0.25) is 0 Å². The lowest BCUT2D eigenvalue weighted by Crippen LogP contribution is -2.36. The van der Waals surface area contributed by atoms with Gasteiger partial charge in [-0.3, -0.25) is 9.05 Å². The Labute approximate surface area is 119 Å². The number of rotatable bonds is 7. The van der Waals surface area contributed by atoms with Gasteiger partial charge in [0.15, 0.2) is 6.17 Å². The largest absolute Gasteiger partial charge is 0.472 e. The van der Waals surface area contributed by atoms with Crippen LogP contribution in [0.1, 0.15) is 34.6 Å². The summed E-state index contributed by atoms with van der Waals surface area (Å²) in [5.41, 5.74) is 0. The second kappa shape index (κ2) is 7.29. The van der Waals surface area contributed by atoms with E-state index in [9.17, 15) is 13.8 Å². The topological polar surface area (TPSA) is 74.2 Å². The highest BCUT2D eigenvalue weighted by Gasteiger charge is 2.45. The molecule has 1 aliphatic rings. The summed E-state index contributed by atoms with van der Waals surface area (Å²) in [6.45, 7) is 8.12. The molecule has 1 heterocycles. The van der Waals surface area contributed by atoms with Crippen LogP contribution in [0, 0.1) is 0 Å². The number of ether oxygens (including phenoxy) is 2. The molecule has 1 N–H and O–H groups in total. The minimum Gasteiger partial charge on any atom is -0.370 e. The SMILES string of the molecule is CC(C)OC1[C@@H](F)[C@H](C)O[C@@H]1COP(=O)(O)OC(C)C. The summed E-state index contributed by atoms with van der Waals surface area (Å²) in [5.74, 6) is 0. The third-order valence-corrected chi connectivity index (χ3v) is 3.86. The van der Waals surface area contributed by atoms with Gasteiger partial charge in [-0.15, -0.1) is 0 Å². The predicted octanol–water partition coefficient (Wildman–Crippen LogP) is 2.45. The van der Waals surface area contributed by atoms with Crippen molar-refractivity contribution >= 4 is 7.82 Å². The third kappa shape index (κ3) is 5.39. The van der Waals surface area contributed by atoms with Crippen molar-refractivity contribution in [3.63, 3.8) is 0 Å². The van der Waals surface area contributed by atoms with Crippen LogP contribution in [-0.2, 0) is 23.1 Å². The van der Waals surface area contributed by atoms with E-state index < -0.39 is 38.4 Å². The van der Waals surface area contributed by atoms with E-state index in [1.54, 1.807) is 34.6 Å². The van der Waals surface area contributed by atoms with Crippen molar-refractivity contribution in [2.24, 2.45) is 0 Å². The quantitative estimate of drug-likeness (QED) is 0.728. The maximum Gasteiger partial charge on any atom is 0.472 e. The molecule has 1 fully saturated rings. The fourth-order valence-corrected chi connectivity index (χ4v) is 2.90. The summed E-state index contributed by atoms with van der Waals surface area (Å²) >= 11 is 0. The average molecular weight is 314 g/mol. The first-order valence-corrected chi connectivity index (χ1v) is 8.22. The Bertz CT molecular complexity index is 351. The van der Waals surface area contributed by atoms with Gasteiger partial charge in [-0.05, 0) is 34.6 Å². The Balaban J connectivity index is 2.59. The molecule has 0 bridgehead atoms. The van der Waals surface area contributed by atoms with E-state index in [0.717, 1.165) is 0 Å². The number of halogens is 1. The van der Waals surface area contributed by atoms with Gasteiger partial charge in [0.25, 0.3) is 0 Å². The van der Waals surface area contributed by atoms with Gasteiger partial charge in [0, 0.05) is 0 Å². The standard InChI is InChI=1S/C12H24FO6P/c1-7(2)17-12-10(18-9(5)11(12)13)6-16-20(14,15)19-8(3)4/h7-12H,6H2,1-5H3,(H,14,15)/t9-,10+,11-,12?/m0/s1. The van der Waals surface area contributed by atoms with Crippen molar-refractivity contribution in [1.29, 1.82) is 0 Å². The Morgan fingerprint density at radius 3 is 2.40 bits per heavy atom. The van der Waals surface area contributed by atoms with E-state index in [1.165, 1.54) is 0 Å². The van der Waals surface area contributed by atoms with E-state index in [1.807, 2.05) is 0 Å². The Hall–Kier alpha value is -0.0400. The lowest BCUT2D eigenvalue weighted by Gasteiger charge is -2.23. The summed E-state index contributed by atoms with van der Waals surface area (Å²) in [5, 5.41) is 0. The summed E-state index contributed by atoms with van der Waals surface area (Å²) < 4.78 is 46.0. The van der Waals surface area contributed by atoms with Gasteiger partial charge in [-0.2, -0.15) is 0 Å². The van der Waals surface area contributed by atoms with Gasteiger partial charge in [0.2, 0.25) is 0 Å². The number of alkyl halides is 1. The molecule has 6 nitrogen and oxygen atoms in total. The van der Waals surface area contributed by atoms with Crippen molar-refractivity contribution in [2.45, 2.75) is 71.3 Å². The Morgan fingerprint density at radius 2 is 1.90 bits per heavy atom. The molecule has 20 heavy (non-hydrogen) atoms. The second-order valence-electron chi connectivity index (χ2n) is 5.39. The highest BCUT2D eigenvalue weighted by molar-refractivity contribution is 7.47. The fourth-order valence-electron chi connectivity index (χ4n) is 1.98. The molecule has 120 valence electrons. The monoisotopic (exact) mass is 314 g/mol. The molecule has 0 aromatic rings. The molecule has 0 saturated carbocycles. The zero-order valence-corrected chi connectivity index (χ0v) is 13.4. The van der Waals surface area contributed by atoms with Gasteiger partial charge in [0.1, 0.15) is 12.2 Å². The maximum absolute atomic E-state index is 14.0. The van der Waals surface area contributed by atoms with Crippen molar-refractivity contribution in [2.75, 3.05) is 6.61 Å². The first-order chi connectivity index (χ1) is 9.12. The third-order valence-electron chi connectivity index (χ3n) is 2.69. The molecule has 1 rings (SSSR count). The normalized spacial score (nSPS) is 33.9. The van der Waals surface area contributed by atoms with E-state index in [4.69, 9.17) is 18.5 Å². The molecular weight excluding hydrogens is 290 g/mol. The summed E-state index contributed by atoms with van der Waals surface area (Å²) in [6.07, 6.45) is -4.12. The van der Waals surface area contributed by atoms with Gasteiger partial charge in [-0.25, -0.2) is 8.96 Å². The molecule has 0 spiro atoms. The molecule has 8 heteroatoms. The summed E-state index contributed by atoms with van der Waals surface area (Å²) in [4.78, 5) is 9.47. The number of phosphoric acid groups is 1. The van der Waals surface area contributed by atoms with Crippen LogP contribution in [0.25, 0.3) is 0 Å². The molecule has 0 aromatic heterocycles. The first-order valence-electron chi connectivity index (χ1n) is 6.73. The molecular formula is C12H24FO6P. The average Bonchev–Trinajstić information content (AvgIpc) is 2.52. The van der Waals surface area contributed by atoms with Gasteiger partial charge in [-0.1, -0.05) is 0 Å². The second-order valence-corrected chi connectivity index (χ2v) is 6.80. The van der Waals surface area contributed by atoms with Crippen molar-refractivity contribution in [1.82, 2.24) is 0 Å². The van der Waals surface area contributed by atoms with E-state index in [0.29, 0.717) is 0 Å². The lowest BCUT2D eigenvalue weighted by molar-refractivity contribution is -0.0697. The van der Waals surface area contributed by atoms with Crippen molar-refractivity contribution in [3.05, 3.63) is 0 Å². The van der Waals surface area contributed by atoms with Crippen LogP contribution in [0.5, 0.6) is 0 Å². The zero-order valence-electron chi connectivity index (χ0n) is 12.5. The highest BCUT2D eigenvalue weighted by atomic mass is 31.2. The number of hydrogen-bond acceptors (Lipinski definition) is 5. The number of hydrogen-bond donors (Lipinski definition) is 1. The van der Waals surface area contributed by atoms with E-state index in [2.05, 4.69) is 0 Å². The Kier molecular flexibility index (Phi) is 6.57. The molecule has 1 aliphatic heterocycles. The highest BCUT2D eigenvalue weighted by Crippen LogP contribution is 2.45. The van der Waals surface area contributed by atoms with E-state index >= 15 is 0 Å². The van der Waals surface area contributed by atoms with Crippen LogP contribution < -0.4 is 0 Å². The molecule has 2 unspecified atom stereocenters. The smallest absolute Gasteiger partial charge is 0.370 e. The molecule has 0 aliphatic carbocycles. The molecule has 0 amide bonds. The van der Waals surface area contributed by atoms with Crippen LogP contribution in [0.15, 0.2) is 0 Å². The van der Waals surface area contributed by atoms with Crippen LogP contribution in [-0.4, -0.2) is 48.2 Å². The number of phosphoric ester groups is 1. The minimum absolute atomic E-state index is 0.178. The minimum atomic E-state index is -4.16. The van der Waals surface area contributed by atoms with Crippen molar-refractivity contribution in [3.8, 4) is 0 Å². The molecule has 0 aromatic carbocycles. The summed E-state index contributed by atoms with van der Waals surface area (Å²) in [6, 6.07) is 0. The lowest BCUT2D eigenvalue weighted by atomic mass is 10.1. The fraction of sp³-hybridized carbons (Fsp3) is 1.00.